The lowest BCUT2D eigenvalue weighted by Gasteiger charge is -2.19. The minimum Gasteiger partial charge on any atom is -0.465 e. The highest BCUT2D eigenvalue weighted by atomic mass is 19.4. The lowest BCUT2D eigenvalue weighted by atomic mass is 10.0. The zero-order chi connectivity index (χ0) is 23.6. The summed E-state index contributed by atoms with van der Waals surface area (Å²) >= 11 is 0. The van der Waals surface area contributed by atoms with E-state index < -0.39 is 29.6 Å². The molecule has 0 atom stereocenters. The Morgan fingerprint density at radius 2 is 1.59 bits per heavy atom. The molecule has 0 spiro atoms. The van der Waals surface area contributed by atoms with Crippen molar-refractivity contribution in [2.75, 3.05) is 19.1 Å². The van der Waals surface area contributed by atoms with Crippen molar-refractivity contribution in [2.24, 2.45) is 0 Å². The maximum absolute atomic E-state index is 13.2. The van der Waals surface area contributed by atoms with Crippen molar-refractivity contribution < 1.29 is 37.0 Å². The molecular formula is C23H18F3NO5. The molecule has 0 fully saturated rings. The van der Waals surface area contributed by atoms with Crippen molar-refractivity contribution in [2.45, 2.75) is 13.1 Å². The van der Waals surface area contributed by atoms with Crippen LogP contribution in [0.4, 0.5) is 18.9 Å². The molecule has 0 unspecified atom stereocenters. The fourth-order valence-electron chi connectivity index (χ4n) is 3.31. The molecule has 0 radical (unpaired) electrons. The standard InChI is InChI=1S/C23H18F3NO5/c1-13-19(22(30)32-3)18(11-14-7-9-15(10-8-14)21(29)31-2)20(28)27(13)17-6-4-5-16(12-17)23(24,25)26/h4-12H,1-3H3/b18-11-. The molecule has 0 saturated heterocycles. The van der Waals surface area contributed by atoms with E-state index in [1.54, 1.807) is 12.1 Å². The van der Waals surface area contributed by atoms with E-state index >= 15 is 0 Å². The predicted octanol–water partition coefficient (Wildman–Crippen LogP) is 4.37. The Labute approximate surface area is 181 Å². The molecule has 1 aliphatic heterocycles. The van der Waals surface area contributed by atoms with Gasteiger partial charge in [-0.2, -0.15) is 13.2 Å². The van der Waals surface area contributed by atoms with Crippen molar-refractivity contribution >= 4 is 29.6 Å². The number of ether oxygens (including phenoxy) is 2. The van der Waals surface area contributed by atoms with Gasteiger partial charge < -0.3 is 9.47 Å². The zero-order valence-electron chi connectivity index (χ0n) is 17.3. The van der Waals surface area contributed by atoms with Crippen LogP contribution in [0.1, 0.15) is 28.4 Å². The number of methoxy groups -OCH3 is 2. The first-order chi connectivity index (χ1) is 15.1. The van der Waals surface area contributed by atoms with Gasteiger partial charge in [0.05, 0.1) is 36.5 Å². The Hall–Kier alpha value is -3.88. The van der Waals surface area contributed by atoms with Gasteiger partial charge in [0.25, 0.3) is 5.91 Å². The number of carbonyl (C=O) groups is 3. The van der Waals surface area contributed by atoms with E-state index in [1.807, 2.05) is 0 Å². The molecule has 0 aromatic heterocycles. The van der Waals surface area contributed by atoms with Crippen LogP contribution in [0.5, 0.6) is 0 Å². The van der Waals surface area contributed by atoms with Crippen molar-refractivity contribution in [1.82, 2.24) is 0 Å². The highest BCUT2D eigenvalue weighted by molar-refractivity contribution is 6.23. The maximum atomic E-state index is 13.2. The van der Waals surface area contributed by atoms with E-state index in [4.69, 9.17) is 4.74 Å². The summed E-state index contributed by atoms with van der Waals surface area (Å²) in [6.07, 6.45) is -3.19. The number of alkyl halides is 3. The van der Waals surface area contributed by atoms with Gasteiger partial charge in [-0.1, -0.05) is 18.2 Å². The molecule has 9 heteroatoms. The second-order valence-corrected chi connectivity index (χ2v) is 6.81. The second kappa shape index (κ2) is 8.70. The first kappa shape index (κ1) is 22.8. The Morgan fingerprint density at radius 3 is 2.16 bits per heavy atom. The number of esters is 2. The lowest BCUT2D eigenvalue weighted by Crippen LogP contribution is -2.24. The van der Waals surface area contributed by atoms with Crippen molar-refractivity contribution in [3.8, 4) is 0 Å². The lowest BCUT2D eigenvalue weighted by molar-refractivity contribution is -0.137. The molecule has 1 heterocycles. The fraction of sp³-hybridized carbons (Fsp3) is 0.174. The third-order valence-electron chi connectivity index (χ3n) is 4.86. The average molecular weight is 445 g/mol. The van der Waals surface area contributed by atoms with Gasteiger partial charge in [-0.25, -0.2) is 9.59 Å². The monoisotopic (exact) mass is 445 g/mol. The second-order valence-electron chi connectivity index (χ2n) is 6.81. The van der Waals surface area contributed by atoms with Crippen molar-refractivity contribution in [3.63, 3.8) is 0 Å². The van der Waals surface area contributed by atoms with Crippen molar-refractivity contribution in [1.29, 1.82) is 0 Å². The van der Waals surface area contributed by atoms with Gasteiger partial charge in [0.15, 0.2) is 0 Å². The number of rotatable bonds is 4. The Balaban J connectivity index is 2.09. The molecule has 2 aromatic carbocycles. The molecule has 0 saturated carbocycles. The van der Waals surface area contributed by atoms with E-state index in [0.29, 0.717) is 5.56 Å². The fourth-order valence-corrected chi connectivity index (χ4v) is 3.31. The molecule has 6 nitrogen and oxygen atoms in total. The van der Waals surface area contributed by atoms with Gasteiger partial charge in [-0.05, 0) is 48.9 Å². The molecule has 1 amide bonds. The van der Waals surface area contributed by atoms with Crippen LogP contribution < -0.4 is 4.90 Å². The summed E-state index contributed by atoms with van der Waals surface area (Å²) in [7, 11) is 2.39. The van der Waals surface area contributed by atoms with Crippen LogP contribution in [0.25, 0.3) is 6.08 Å². The smallest absolute Gasteiger partial charge is 0.416 e. The molecule has 0 bridgehead atoms. The largest absolute Gasteiger partial charge is 0.465 e. The average Bonchev–Trinajstić information content (AvgIpc) is 3.02. The molecule has 1 aliphatic rings. The van der Waals surface area contributed by atoms with Crippen LogP contribution >= 0.6 is 0 Å². The molecule has 0 N–H and O–H groups in total. The van der Waals surface area contributed by atoms with Gasteiger partial charge in [-0.15, -0.1) is 0 Å². The highest BCUT2D eigenvalue weighted by Gasteiger charge is 2.39. The van der Waals surface area contributed by atoms with Crippen LogP contribution in [0.2, 0.25) is 0 Å². The van der Waals surface area contributed by atoms with Gasteiger partial charge >= 0.3 is 18.1 Å². The van der Waals surface area contributed by atoms with E-state index in [0.717, 1.165) is 24.1 Å². The number of benzene rings is 2. The number of carbonyl (C=O) groups excluding carboxylic acids is 3. The summed E-state index contributed by atoms with van der Waals surface area (Å²) < 4.78 is 48.9. The van der Waals surface area contributed by atoms with E-state index in [-0.39, 0.29) is 28.1 Å². The predicted molar refractivity (Wildman–Crippen MR) is 109 cm³/mol. The highest BCUT2D eigenvalue weighted by Crippen LogP contribution is 2.38. The minimum absolute atomic E-state index is 0.0341. The Kier molecular flexibility index (Phi) is 6.20. The molecule has 32 heavy (non-hydrogen) atoms. The normalized spacial score (nSPS) is 15.4. The number of nitrogens with zero attached hydrogens (tertiary/aromatic N) is 1. The molecular weight excluding hydrogens is 427 g/mol. The van der Waals surface area contributed by atoms with Crippen LogP contribution in [0, 0.1) is 0 Å². The van der Waals surface area contributed by atoms with Crippen LogP contribution in [-0.4, -0.2) is 32.1 Å². The third kappa shape index (κ3) is 4.27. The number of anilines is 1. The first-order valence-electron chi connectivity index (χ1n) is 9.29. The van der Waals surface area contributed by atoms with E-state index in [2.05, 4.69) is 4.74 Å². The number of hydrogen-bond donors (Lipinski definition) is 0. The van der Waals surface area contributed by atoms with E-state index in [1.165, 1.54) is 44.4 Å². The zero-order valence-corrected chi connectivity index (χ0v) is 17.3. The quantitative estimate of drug-likeness (QED) is 0.516. The molecule has 2 aromatic rings. The third-order valence-corrected chi connectivity index (χ3v) is 4.86. The van der Waals surface area contributed by atoms with Gasteiger partial charge in [0.1, 0.15) is 0 Å². The van der Waals surface area contributed by atoms with E-state index in [9.17, 15) is 27.6 Å². The van der Waals surface area contributed by atoms with Crippen LogP contribution in [0.3, 0.4) is 0 Å². The maximum Gasteiger partial charge on any atom is 0.416 e. The van der Waals surface area contributed by atoms with Crippen molar-refractivity contribution in [3.05, 3.63) is 82.1 Å². The first-order valence-corrected chi connectivity index (χ1v) is 9.29. The van der Waals surface area contributed by atoms with Gasteiger partial charge in [0, 0.05) is 11.4 Å². The summed E-state index contributed by atoms with van der Waals surface area (Å²) in [6.45, 7) is 1.45. The topological polar surface area (TPSA) is 72.9 Å². The summed E-state index contributed by atoms with van der Waals surface area (Å²) in [5, 5.41) is 0. The number of allylic oxidation sites excluding steroid dienone is 1. The van der Waals surface area contributed by atoms with Gasteiger partial charge in [0.2, 0.25) is 0 Å². The molecule has 3 rings (SSSR count). The van der Waals surface area contributed by atoms with Crippen LogP contribution in [-0.2, 0) is 25.2 Å². The van der Waals surface area contributed by atoms with Gasteiger partial charge in [-0.3, -0.25) is 9.69 Å². The number of halogens is 3. The number of amides is 1. The number of hydrogen-bond acceptors (Lipinski definition) is 5. The molecule has 166 valence electrons. The minimum atomic E-state index is -4.60. The molecule has 0 aliphatic carbocycles. The van der Waals surface area contributed by atoms with Crippen LogP contribution in [0.15, 0.2) is 65.4 Å². The summed E-state index contributed by atoms with van der Waals surface area (Å²) in [4.78, 5) is 38.2. The SMILES string of the molecule is COC(=O)C1=C(C)N(c2cccc(C(F)(F)F)c2)C(=O)/C1=C\c1ccc(C(=O)OC)cc1. The summed E-state index contributed by atoms with van der Waals surface area (Å²) in [5.41, 5.74) is -0.152. The Bertz CT molecular complexity index is 1150. The Morgan fingerprint density at radius 1 is 0.969 bits per heavy atom. The summed E-state index contributed by atoms with van der Waals surface area (Å²) in [6, 6.07) is 10.3. The summed E-state index contributed by atoms with van der Waals surface area (Å²) in [5.74, 6) is -2.02.